The summed E-state index contributed by atoms with van der Waals surface area (Å²) in [4.78, 5) is 46.8. The normalized spacial score (nSPS) is 20.7. The Bertz CT molecular complexity index is 1470. The highest BCUT2D eigenvalue weighted by atomic mass is 35.5. The summed E-state index contributed by atoms with van der Waals surface area (Å²) in [6.45, 7) is 0. The fourth-order valence-electron chi connectivity index (χ4n) is 5.03. The van der Waals surface area contributed by atoms with Crippen LogP contribution in [0.4, 0.5) is 14.9 Å². The third kappa shape index (κ3) is 4.90. The van der Waals surface area contributed by atoms with Crippen molar-refractivity contribution in [2.75, 3.05) is 5.32 Å². The van der Waals surface area contributed by atoms with Crippen LogP contribution in [0.3, 0.4) is 0 Å². The number of aromatic nitrogens is 1. The molecule has 1 aliphatic heterocycles. The SMILES string of the molecule is O=C(c1cccc(Cl)c1)C1C(c2cccs2)C(C(=O)O)N(C(=O)Nc2ccc(F)cc2)C1c1cccnc1. The Morgan fingerprint density at radius 2 is 1.82 bits per heavy atom. The second kappa shape index (κ2) is 10.7. The molecule has 0 saturated carbocycles. The molecule has 2 aromatic heterocycles. The van der Waals surface area contributed by atoms with Crippen LogP contribution in [0, 0.1) is 11.7 Å². The molecule has 4 atom stereocenters. The van der Waals surface area contributed by atoms with Crippen LogP contribution >= 0.6 is 22.9 Å². The first-order valence-electron chi connectivity index (χ1n) is 11.7. The fourth-order valence-corrected chi connectivity index (χ4v) is 6.13. The number of ketones is 1. The molecule has 0 radical (unpaired) electrons. The zero-order chi connectivity index (χ0) is 26.8. The lowest BCUT2D eigenvalue weighted by atomic mass is 9.79. The predicted molar refractivity (Wildman–Crippen MR) is 142 cm³/mol. The van der Waals surface area contributed by atoms with Gasteiger partial charge in [0.15, 0.2) is 5.78 Å². The number of hydrogen-bond donors (Lipinski definition) is 2. The van der Waals surface area contributed by atoms with E-state index in [0.29, 0.717) is 21.0 Å². The van der Waals surface area contributed by atoms with E-state index < -0.39 is 41.7 Å². The highest BCUT2D eigenvalue weighted by Crippen LogP contribution is 2.52. The fraction of sp³-hybridized carbons (Fsp3) is 0.143. The van der Waals surface area contributed by atoms with E-state index in [4.69, 9.17) is 11.6 Å². The molecule has 0 bridgehead atoms. The van der Waals surface area contributed by atoms with E-state index in [0.717, 1.165) is 0 Å². The van der Waals surface area contributed by atoms with Crippen molar-refractivity contribution in [3.63, 3.8) is 0 Å². The van der Waals surface area contributed by atoms with Crippen molar-refractivity contribution >= 4 is 46.4 Å². The number of hydrogen-bond acceptors (Lipinski definition) is 5. The third-order valence-electron chi connectivity index (χ3n) is 6.56. The maximum absolute atomic E-state index is 14.2. The summed E-state index contributed by atoms with van der Waals surface area (Å²) in [5.41, 5.74) is 1.10. The van der Waals surface area contributed by atoms with Crippen molar-refractivity contribution in [3.05, 3.63) is 117 Å². The molecular weight excluding hydrogens is 529 g/mol. The van der Waals surface area contributed by atoms with Gasteiger partial charge in [0.1, 0.15) is 11.9 Å². The van der Waals surface area contributed by atoms with Gasteiger partial charge in [0, 0.05) is 39.5 Å². The maximum atomic E-state index is 14.2. The summed E-state index contributed by atoms with van der Waals surface area (Å²) in [5, 5.41) is 15.3. The summed E-state index contributed by atoms with van der Waals surface area (Å²) in [7, 11) is 0. The molecule has 1 saturated heterocycles. The Hall–Kier alpha value is -4.08. The van der Waals surface area contributed by atoms with E-state index in [1.165, 1.54) is 52.8 Å². The summed E-state index contributed by atoms with van der Waals surface area (Å²) < 4.78 is 13.5. The third-order valence-corrected chi connectivity index (χ3v) is 7.77. The van der Waals surface area contributed by atoms with Gasteiger partial charge in [-0.2, -0.15) is 0 Å². The highest BCUT2D eigenvalue weighted by Gasteiger charge is 2.58. The number of carbonyl (C=O) groups excluding carboxylic acids is 2. The van der Waals surface area contributed by atoms with E-state index in [2.05, 4.69) is 10.3 Å². The molecule has 10 heteroatoms. The van der Waals surface area contributed by atoms with Gasteiger partial charge in [-0.05, 0) is 59.5 Å². The number of benzene rings is 2. The Morgan fingerprint density at radius 1 is 1.03 bits per heavy atom. The smallest absolute Gasteiger partial charge is 0.327 e. The highest BCUT2D eigenvalue weighted by molar-refractivity contribution is 7.10. The maximum Gasteiger partial charge on any atom is 0.327 e. The first-order chi connectivity index (χ1) is 18.3. The lowest BCUT2D eigenvalue weighted by Gasteiger charge is -2.30. The first-order valence-corrected chi connectivity index (χ1v) is 12.9. The molecule has 0 aliphatic carbocycles. The average molecular weight is 550 g/mol. The second-order valence-corrected chi connectivity index (χ2v) is 10.2. The zero-order valence-electron chi connectivity index (χ0n) is 19.7. The number of halogens is 2. The number of urea groups is 1. The van der Waals surface area contributed by atoms with Crippen molar-refractivity contribution in [1.82, 2.24) is 9.88 Å². The Labute approximate surface area is 226 Å². The molecule has 38 heavy (non-hydrogen) atoms. The van der Waals surface area contributed by atoms with Crippen molar-refractivity contribution < 1.29 is 23.9 Å². The van der Waals surface area contributed by atoms with Gasteiger partial charge in [-0.15, -0.1) is 11.3 Å². The molecule has 5 rings (SSSR count). The molecule has 4 aromatic rings. The molecule has 1 aliphatic rings. The number of thiophene rings is 1. The topological polar surface area (TPSA) is 99.6 Å². The molecular formula is C28H21ClFN3O4S. The quantitative estimate of drug-likeness (QED) is 0.276. The van der Waals surface area contributed by atoms with Crippen LogP contribution in [0.15, 0.2) is 90.6 Å². The van der Waals surface area contributed by atoms with Gasteiger partial charge < -0.3 is 15.3 Å². The van der Waals surface area contributed by atoms with Gasteiger partial charge in [0.05, 0.1) is 12.0 Å². The molecule has 192 valence electrons. The summed E-state index contributed by atoms with van der Waals surface area (Å²) in [5.74, 6) is -3.90. The van der Waals surface area contributed by atoms with E-state index in [-0.39, 0.29) is 11.5 Å². The van der Waals surface area contributed by atoms with Gasteiger partial charge in [-0.3, -0.25) is 9.78 Å². The molecule has 3 heterocycles. The number of anilines is 1. The number of likely N-dealkylation sites (tertiary alicyclic amines) is 1. The van der Waals surface area contributed by atoms with Crippen molar-refractivity contribution in [3.8, 4) is 0 Å². The molecule has 2 aromatic carbocycles. The minimum absolute atomic E-state index is 0.280. The minimum Gasteiger partial charge on any atom is -0.480 e. The van der Waals surface area contributed by atoms with E-state index in [1.54, 1.807) is 54.0 Å². The van der Waals surface area contributed by atoms with Gasteiger partial charge in [-0.25, -0.2) is 14.0 Å². The number of carboxylic acid groups (broad SMARTS) is 1. The zero-order valence-corrected chi connectivity index (χ0v) is 21.3. The number of aliphatic carboxylic acids is 1. The lowest BCUT2D eigenvalue weighted by Crippen LogP contribution is -2.45. The number of rotatable bonds is 6. The summed E-state index contributed by atoms with van der Waals surface area (Å²) >= 11 is 7.51. The monoisotopic (exact) mass is 549 g/mol. The minimum atomic E-state index is -1.38. The predicted octanol–water partition coefficient (Wildman–Crippen LogP) is 6.26. The molecule has 2 N–H and O–H groups in total. The Balaban J connectivity index is 1.68. The standard InChI is InChI=1S/C28H21ClFN3O4S/c29-18-6-1-4-16(14-18)26(34)23-22(21-7-3-13-38-21)25(27(35)36)33(24(23)17-5-2-12-31-15-17)28(37)32-20-10-8-19(30)9-11-20/h1-15,22-25H,(H,32,37)(H,35,36). The number of carboxylic acids is 1. The van der Waals surface area contributed by atoms with Crippen molar-refractivity contribution in [2.45, 2.75) is 18.0 Å². The van der Waals surface area contributed by atoms with E-state index in [9.17, 15) is 23.9 Å². The van der Waals surface area contributed by atoms with Gasteiger partial charge in [0.25, 0.3) is 0 Å². The summed E-state index contributed by atoms with van der Waals surface area (Å²) in [6.07, 6.45) is 3.08. The van der Waals surface area contributed by atoms with Crippen LogP contribution in [0.25, 0.3) is 0 Å². The van der Waals surface area contributed by atoms with E-state index in [1.807, 2.05) is 0 Å². The van der Waals surface area contributed by atoms with Gasteiger partial charge >= 0.3 is 12.0 Å². The van der Waals surface area contributed by atoms with E-state index >= 15 is 0 Å². The largest absolute Gasteiger partial charge is 0.480 e. The molecule has 0 spiro atoms. The molecule has 4 unspecified atom stereocenters. The Morgan fingerprint density at radius 3 is 2.45 bits per heavy atom. The van der Waals surface area contributed by atoms with Crippen molar-refractivity contribution in [1.29, 1.82) is 0 Å². The number of nitrogens with one attached hydrogen (secondary N) is 1. The number of nitrogens with zero attached hydrogens (tertiary/aromatic N) is 2. The van der Waals surface area contributed by atoms with Gasteiger partial charge in [0.2, 0.25) is 0 Å². The van der Waals surface area contributed by atoms with Crippen LogP contribution in [0.2, 0.25) is 5.02 Å². The average Bonchev–Trinajstić information content (AvgIpc) is 3.56. The first kappa shape index (κ1) is 25.6. The molecule has 2 amide bonds. The van der Waals surface area contributed by atoms with Crippen LogP contribution in [-0.4, -0.2) is 38.8 Å². The second-order valence-electron chi connectivity index (χ2n) is 8.80. The number of amides is 2. The Kier molecular flexibility index (Phi) is 7.22. The lowest BCUT2D eigenvalue weighted by molar-refractivity contribution is -0.142. The van der Waals surface area contributed by atoms with Crippen LogP contribution in [-0.2, 0) is 4.79 Å². The van der Waals surface area contributed by atoms with Crippen molar-refractivity contribution in [2.24, 2.45) is 5.92 Å². The summed E-state index contributed by atoms with van der Waals surface area (Å²) in [6, 6.07) is 15.4. The molecule has 7 nitrogen and oxygen atoms in total. The van der Waals surface area contributed by atoms with Crippen LogP contribution in [0.1, 0.15) is 32.8 Å². The molecule has 1 fully saturated rings. The number of pyridine rings is 1. The number of carbonyl (C=O) groups is 3. The van der Waals surface area contributed by atoms with Crippen LogP contribution < -0.4 is 5.32 Å². The van der Waals surface area contributed by atoms with Gasteiger partial charge in [-0.1, -0.05) is 35.9 Å². The number of Topliss-reactive ketones (excluding diaryl/α,β-unsaturated/α-hetero) is 1. The van der Waals surface area contributed by atoms with Crippen LogP contribution in [0.5, 0.6) is 0 Å².